The van der Waals surface area contributed by atoms with Gasteiger partial charge < -0.3 is 4.74 Å². The number of rotatable bonds is 2. The lowest BCUT2D eigenvalue weighted by atomic mass is 9.68. The summed E-state index contributed by atoms with van der Waals surface area (Å²) in [5.74, 6) is 0. The maximum atomic E-state index is 10.4. The van der Waals surface area contributed by atoms with Crippen LogP contribution in [0.5, 0.6) is 0 Å². The molecular formula is C11H19O2. The molecule has 13 heavy (non-hydrogen) atoms. The normalized spacial score (nSPS) is 22.4. The van der Waals surface area contributed by atoms with Crippen LogP contribution < -0.4 is 0 Å². The molecule has 2 nitrogen and oxygen atoms in total. The molecule has 0 spiro atoms. The van der Waals surface area contributed by atoms with E-state index in [9.17, 15) is 4.79 Å². The maximum absolute atomic E-state index is 10.4. The van der Waals surface area contributed by atoms with Crippen molar-refractivity contribution in [3.63, 3.8) is 0 Å². The Morgan fingerprint density at radius 1 is 1.15 bits per heavy atom. The predicted molar refractivity (Wildman–Crippen MR) is 52.0 cm³/mol. The van der Waals surface area contributed by atoms with Crippen LogP contribution in [0.1, 0.15) is 52.9 Å². The fourth-order valence-corrected chi connectivity index (χ4v) is 2.21. The summed E-state index contributed by atoms with van der Waals surface area (Å²) in [6.45, 7) is 8.04. The Kier molecular flexibility index (Phi) is 2.99. The zero-order chi connectivity index (χ0) is 9.95. The summed E-state index contributed by atoms with van der Waals surface area (Å²) in [5.41, 5.74) is -0.224. The maximum Gasteiger partial charge on any atom is 0.418 e. The van der Waals surface area contributed by atoms with Crippen molar-refractivity contribution >= 4 is 6.47 Å². The Morgan fingerprint density at radius 3 is 2.08 bits per heavy atom. The second-order valence-electron chi connectivity index (χ2n) is 4.99. The zero-order valence-electron chi connectivity index (χ0n) is 8.85. The lowest BCUT2D eigenvalue weighted by Crippen LogP contribution is -2.46. The minimum atomic E-state index is -0.257. The van der Waals surface area contributed by atoms with Crippen LogP contribution in [0.15, 0.2) is 0 Å². The molecule has 0 aromatic rings. The summed E-state index contributed by atoms with van der Waals surface area (Å²) in [7, 11) is 0. The zero-order valence-corrected chi connectivity index (χ0v) is 8.85. The van der Waals surface area contributed by atoms with Crippen LogP contribution in [0.4, 0.5) is 0 Å². The second kappa shape index (κ2) is 3.69. The molecular weight excluding hydrogens is 164 g/mol. The molecule has 0 saturated heterocycles. The molecule has 1 rings (SSSR count). The third-order valence-electron chi connectivity index (χ3n) is 3.27. The molecule has 0 bridgehead atoms. The first-order valence-corrected chi connectivity index (χ1v) is 5.07. The summed E-state index contributed by atoms with van der Waals surface area (Å²) in [4.78, 5) is 10.4. The van der Waals surface area contributed by atoms with Gasteiger partial charge in [-0.05, 0) is 25.7 Å². The van der Waals surface area contributed by atoms with E-state index in [0.717, 1.165) is 12.8 Å². The van der Waals surface area contributed by atoms with Gasteiger partial charge in [-0.1, -0.05) is 27.2 Å². The predicted octanol–water partition coefficient (Wildman–Crippen LogP) is 2.82. The topological polar surface area (TPSA) is 26.3 Å². The van der Waals surface area contributed by atoms with Crippen LogP contribution in [0.2, 0.25) is 0 Å². The molecule has 1 saturated carbocycles. The highest BCUT2D eigenvalue weighted by molar-refractivity contribution is 5.40. The van der Waals surface area contributed by atoms with Crippen LogP contribution in [0.3, 0.4) is 0 Å². The molecule has 1 fully saturated rings. The van der Waals surface area contributed by atoms with Gasteiger partial charge in [0.15, 0.2) is 0 Å². The van der Waals surface area contributed by atoms with Gasteiger partial charge in [0, 0.05) is 5.41 Å². The van der Waals surface area contributed by atoms with Crippen LogP contribution in [-0.2, 0) is 9.53 Å². The molecule has 1 aliphatic carbocycles. The minimum absolute atomic E-state index is 0.0326. The van der Waals surface area contributed by atoms with E-state index in [2.05, 4.69) is 20.8 Å². The van der Waals surface area contributed by atoms with E-state index >= 15 is 0 Å². The standard InChI is InChI=1S/C11H19O2/c1-10(2,3)11(13-9-12)7-5-4-6-8-11/h4-8H2,1-3H3. The van der Waals surface area contributed by atoms with Gasteiger partial charge in [-0.3, -0.25) is 0 Å². The van der Waals surface area contributed by atoms with Gasteiger partial charge in [-0.25, -0.2) is 4.79 Å². The van der Waals surface area contributed by atoms with Crippen molar-refractivity contribution < 1.29 is 9.53 Å². The summed E-state index contributed by atoms with van der Waals surface area (Å²) < 4.78 is 5.23. The number of hydrogen-bond acceptors (Lipinski definition) is 2. The van der Waals surface area contributed by atoms with Gasteiger partial charge in [0.2, 0.25) is 0 Å². The number of hydrogen-bond donors (Lipinski definition) is 0. The molecule has 0 N–H and O–H groups in total. The van der Waals surface area contributed by atoms with E-state index in [0.29, 0.717) is 0 Å². The van der Waals surface area contributed by atoms with Gasteiger partial charge in [0.05, 0.1) is 0 Å². The van der Waals surface area contributed by atoms with E-state index < -0.39 is 0 Å². The van der Waals surface area contributed by atoms with Crippen molar-refractivity contribution in [1.29, 1.82) is 0 Å². The molecule has 75 valence electrons. The number of ether oxygens (including phenoxy) is 1. The van der Waals surface area contributed by atoms with Crippen LogP contribution >= 0.6 is 0 Å². The van der Waals surface area contributed by atoms with E-state index in [4.69, 9.17) is 4.74 Å². The molecule has 0 aromatic heterocycles. The SMILES string of the molecule is CC(C)(C)C1(O[C]=O)CCCCC1. The molecule has 1 aliphatic rings. The first-order valence-electron chi connectivity index (χ1n) is 5.07. The van der Waals surface area contributed by atoms with Crippen molar-refractivity contribution in [1.82, 2.24) is 0 Å². The van der Waals surface area contributed by atoms with Crippen LogP contribution in [0.25, 0.3) is 0 Å². The van der Waals surface area contributed by atoms with Crippen molar-refractivity contribution in [2.24, 2.45) is 5.41 Å². The Balaban J connectivity index is 2.78. The molecule has 1 radical (unpaired) electrons. The molecule has 0 amide bonds. The second-order valence-corrected chi connectivity index (χ2v) is 4.99. The van der Waals surface area contributed by atoms with Crippen molar-refractivity contribution in [3.05, 3.63) is 0 Å². The Hall–Kier alpha value is -0.530. The highest BCUT2D eigenvalue weighted by atomic mass is 16.5. The smallest absolute Gasteiger partial charge is 0.418 e. The average molecular weight is 183 g/mol. The first kappa shape index (κ1) is 10.6. The Bertz CT molecular complexity index is 173. The highest BCUT2D eigenvalue weighted by Crippen LogP contribution is 2.44. The highest BCUT2D eigenvalue weighted by Gasteiger charge is 2.44. The van der Waals surface area contributed by atoms with E-state index in [1.54, 1.807) is 6.47 Å². The quantitative estimate of drug-likeness (QED) is 0.658. The lowest BCUT2D eigenvalue weighted by molar-refractivity contribution is -0.0729. The molecule has 0 heterocycles. The average Bonchev–Trinajstić information content (AvgIpc) is 2.04. The van der Waals surface area contributed by atoms with E-state index in [1.807, 2.05) is 0 Å². The first-order chi connectivity index (χ1) is 6.02. The molecule has 0 aliphatic heterocycles. The minimum Gasteiger partial charge on any atom is -0.450 e. The van der Waals surface area contributed by atoms with Crippen LogP contribution in [0, 0.1) is 5.41 Å². The summed E-state index contributed by atoms with van der Waals surface area (Å²) in [5, 5.41) is 0. The Labute approximate surface area is 80.7 Å². The van der Waals surface area contributed by atoms with Crippen molar-refractivity contribution in [3.8, 4) is 0 Å². The third-order valence-corrected chi connectivity index (χ3v) is 3.27. The van der Waals surface area contributed by atoms with Gasteiger partial charge >= 0.3 is 6.47 Å². The van der Waals surface area contributed by atoms with Crippen molar-refractivity contribution in [2.75, 3.05) is 0 Å². The molecule has 0 unspecified atom stereocenters. The fourth-order valence-electron chi connectivity index (χ4n) is 2.21. The van der Waals surface area contributed by atoms with Crippen molar-refractivity contribution in [2.45, 2.75) is 58.5 Å². The van der Waals surface area contributed by atoms with E-state index in [1.165, 1.54) is 19.3 Å². The van der Waals surface area contributed by atoms with Crippen LogP contribution in [-0.4, -0.2) is 12.1 Å². The van der Waals surface area contributed by atoms with Gasteiger partial charge in [0.25, 0.3) is 0 Å². The third kappa shape index (κ3) is 2.04. The van der Waals surface area contributed by atoms with Gasteiger partial charge in [0.1, 0.15) is 5.60 Å². The Morgan fingerprint density at radius 2 is 1.69 bits per heavy atom. The molecule has 0 atom stereocenters. The summed E-state index contributed by atoms with van der Waals surface area (Å²) in [6.07, 6.45) is 5.58. The largest absolute Gasteiger partial charge is 0.450 e. The number of carbonyl (C=O) groups excluding carboxylic acids is 1. The molecule has 2 heteroatoms. The lowest BCUT2D eigenvalue weighted by Gasteiger charge is -2.45. The van der Waals surface area contributed by atoms with E-state index in [-0.39, 0.29) is 11.0 Å². The molecule has 0 aromatic carbocycles. The van der Waals surface area contributed by atoms with Gasteiger partial charge in [-0.2, -0.15) is 0 Å². The van der Waals surface area contributed by atoms with Gasteiger partial charge in [-0.15, -0.1) is 0 Å². The summed E-state index contributed by atoms with van der Waals surface area (Å²) in [6, 6.07) is 0. The summed E-state index contributed by atoms with van der Waals surface area (Å²) >= 11 is 0. The fraction of sp³-hybridized carbons (Fsp3) is 0.909. The monoisotopic (exact) mass is 183 g/mol.